The normalized spacial score (nSPS) is 19.5. The van der Waals surface area contributed by atoms with E-state index in [2.05, 4.69) is 0 Å². The van der Waals surface area contributed by atoms with Crippen molar-refractivity contribution in [3.63, 3.8) is 0 Å². The maximum Gasteiger partial charge on any atom is 0.151 e. The van der Waals surface area contributed by atoms with Gasteiger partial charge in [0, 0.05) is 0 Å². The molecular weight excluding hydrogens is 248 g/mol. The summed E-state index contributed by atoms with van der Waals surface area (Å²) in [7, 11) is 0. The van der Waals surface area contributed by atoms with Crippen LogP contribution in [0.1, 0.15) is 0 Å². The van der Waals surface area contributed by atoms with E-state index in [4.69, 9.17) is 25.5 Å². The number of hydrogen-bond acceptors (Lipinski definition) is 6. The van der Waals surface area contributed by atoms with Gasteiger partial charge in [-0.2, -0.15) is 0 Å². The molecule has 5 N–H and O–H groups in total. The molecular formula is C6H13BrO6. The minimum atomic E-state index is -1.79. The van der Waals surface area contributed by atoms with Crippen LogP contribution in [-0.2, 0) is 4.79 Å². The van der Waals surface area contributed by atoms with E-state index in [0.29, 0.717) is 0 Å². The Hall–Kier alpha value is -0.0500. The van der Waals surface area contributed by atoms with Gasteiger partial charge < -0.3 is 30.3 Å². The van der Waals surface area contributed by atoms with Crippen molar-refractivity contribution in [3.8, 4) is 0 Å². The van der Waals surface area contributed by atoms with E-state index in [1.54, 1.807) is 0 Å². The molecule has 0 saturated carbocycles. The van der Waals surface area contributed by atoms with Crippen LogP contribution in [0.3, 0.4) is 0 Å². The van der Waals surface area contributed by atoms with Gasteiger partial charge in [0.05, 0.1) is 6.61 Å². The molecule has 0 heterocycles. The Bertz CT molecular complexity index is 143. The molecule has 0 bridgehead atoms. The topological polar surface area (TPSA) is 118 Å². The lowest BCUT2D eigenvalue weighted by molar-refractivity contribution is -0.136. The minimum absolute atomic E-state index is 0. The summed E-state index contributed by atoms with van der Waals surface area (Å²) in [5, 5.41) is 43.5. The summed E-state index contributed by atoms with van der Waals surface area (Å²) in [6, 6.07) is 0. The number of carbonyl (C=O) groups excluding carboxylic acids is 1. The van der Waals surface area contributed by atoms with Crippen molar-refractivity contribution in [1.82, 2.24) is 0 Å². The quantitative estimate of drug-likeness (QED) is 0.341. The number of aliphatic hydroxyl groups is 5. The van der Waals surface area contributed by atoms with E-state index >= 15 is 0 Å². The van der Waals surface area contributed by atoms with Crippen LogP contribution in [0, 0.1) is 0 Å². The van der Waals surface area contributed by atoms with Crippen LogP contribution in [0.15, 0.2) is 0 Å². The summed E-state index contributed by atoms with van der Waals surface area (Å²) in [5.74, 6) is 0. The highest BCUT2D eigenvalue weighted by molar-refractivity contribution is 8.93. The van der Waals surface area contributed by atoms with Crippen molar-refractivity contribution < 1.29 is 30.3 Å². The number of rotatable bonds is 5. The summed E-state index contributed by atoms with van der Waals surface area (Å²) in [6.07, 6.45) is -6.84. The number of hydrogen-bond donors (Lipinski definition) is 5. The average Bonchev–Trinajstić information content (AvgIpc) is 2.12. The van der Waals surface area contributed by atoms with Gasteiger partial charge in [-0.25, -0.2) is 0 Å². The van der Waals surface area contributed by atoms with E-state index in [1.807, 2.05) is 0 Å². The summed E-state index contributed by atoms with van der Waals surface area (Å²) in [5.41, 5.74) is 0. The predicted molar refractivity (Wildman–Crippen MR) is 47.5 cm³/mol. The van der Waals surface area contributed by atoms with Crippen LogP contribution in [0.5, 0.6) is 0 Å². The molecule has 0 aliphatic carbocycles. The molecule has 80 valence electrons. The highest BCUT2D eigenvalue weighted by Crippen LogP contribution is 2.02. The van der Waals surface area contributed by atoms with Crippen LogP contribution in [-0.4, -0.2) is 62.8 Å². The molecule has 0 aliphatic heterocycles. The SMILES string of the molecule is Br.O=C[C@@H](O)[C@H](O)[C@H](O)[C@@H](O)CO. The van der Waals surface area contributed by atoms with Gasteiger partial charge in [-0.1, -0.05) is 0 Å². The van der Waals surface area contributed by atoms with Crippen molar-refractivity contribution in [3.05, 3.63) is 0 Å². The van der Waals surface area contributed by atoms with Gasteiger partial charge in [0.1, 0.15) is 24.4 Å². The van der Waals surface area contributed by atoms with E-state index in [0.717, 1.165) is 0 Å². The summed E-state index contributed by atoms with van der Waals surface area (Å²) >= 11 is 0. The van der Waals surface area contributed by atoms with Gasteiger partial charge >= 0.3 is 0 Å². The second-order valence-electron chi connectivity index (χ2n) is 2.36. The summed E-state index contributed by atoms with van der Waals surface area (Å²) in [6.45, 7) is -0.760. The maximum atomic E-state index is 9.90. The van der Waals surface area contributed by atoms with E-state index < -0.39 is 31.0 Å². The lowest BCUT2D eigenvalue weighted by Crippen LogP contribution is -2.46. The first kappa shape index (κ1) is 15.4. The highest BCUT2D eigenvalue weighted by atomic mass is 79.9. The van der Waals surface area contributed by atoms with Gasteiger partial charge in [0.2, 0.25) is 0 Å². The Morgan fingerprint density at radius 3 is 1.85 bits per heavy atom. The average molecular weight is 261 g/mol. The van der Waals surface area contributed by atoms with Gasteiger partial charge in [-0.05, 0) is 0 Å². The molecule has 0 aromatic heterocycles. The fourth-order valence-electron chi connectivity index (χ4n) is 0.618. The summed E-state index contributed by atoms with van der Waals surface area (Å²) in [4.78, 5) is 9.90. The molecule has 0 aromatic rings. The molecule has 0 unspecified atom stereocenters. The standard InChI is InChI=1S/C6H12O6.BrH/c7-1-3(9)5(11)6(12)4(10)2-8;/h1,3-6,8-12H,2H2;1H/t3-,4+,5+,6-;/m1./s1. The van der Waals surface area contributed by atoms with Crippen molar-refractivity contribution in [2.45, 2.75) is 24.4 Å². The van der Waals surface area contributed by atoms with E-state index in [1.165, 1.54) is 0 Å². The predicted octanol–water partition coefficient (Wildman–Crippen LogP) is -2.80. The van der Waals surface area contributed by atoms with Crippen molar-refractivity contribution in [2.24, 2.45) is 0 Å². The molecule has 0 spiro atoms. The fraction of sp³-hybridized carbons (Fsp3) is 0.833. The van der Waals surface area contributed by atoms with Gasteiger partial charge in [-0.15, -0.1) is 17.0 Å². The zero-order chi connectivity index (χ0) is 9.72. The number of halogens is 1. The third kappa shape index (κ3) is 4.65. The van der Waals surface area contributed by atoms with Crippen LogP contribution >= 0.6 is 17.0 Å². The van der Waals surface area contributed by atoms with Crippen LogP contribution in [0.25, 0.3) is 0 Å². The maximum absolute atomic E-state index is 9.90. The lowest BCUT2D eigenvalue weighted by atomic mass is 10.0. The van der Waals surface area contributed by atoms with Crippen LogP contribution in [0.2, 0.25) is 0 Å². The molecule has 0 aromatic carbocycles. The van der Waals surface area contributed by atoms with Crippen molar-refractivity contribution in [2.75, 3.05) is 6.61 Å². The molecule has 0 saturated heterocycles. The zero-order valence-electron chi connectivity index (χ0n) is 6.65. The smallest absolute Gasteiger partial charge is 0.151 e. The van der Waals surface area contributed by atoms with Crippen molar-refractivity contribution >= 4 is 23.3 Å². The number of aldehydes is 1. The molecule has 13 heavy (non-hydrogen) atoms. The van der Waals surface area contributed by atoms with Gasteiger partial charge in [-0.3, -0.25) is 0 Å². The van der Waals surface area contributed by atoms with Crippen LogP contribution in [0.4, 0.5) is 0 Å². The van der Waals surface area contributed by atoms with Crippen LogP contribution < -0.4 is 0 Å². The molecule has 0 fully saturated rings. The highest BCUT2D eigenvalue weighted by Gasteiger charge is 2.29. The van der Waals surface area contributed by atoms with Crippen molar-refractivity contribution in [1.29, 1.82) is 0 Å². The van der Waals surface area contributed by atoms with Gasteiger partial charge in [0.25, 0.3) is 0 Å². The second-order valence-corrected chi connectivity index (χ2v) is 2.36. The number of aliphatic hydroxyl groups excluding tert-OH is 5. The van der Waals surface area contributed by atoms with E-state index in [9.17, 15) is 4.79 Å². The zero-order valence-corrected chi connectivity index (χ0v) is 8.36. The Labute approximate surface area is 85.2 Å². The monoisotopic (exact) mass is 260 g/mol. The first-order valence-corrected chi connectivity index (χ1v) is 3.33. The molecule has 0 aliphatic rings. The minimum Gasteiger partial charge on any atom is -0.394 e. The molecule has 0 radical (unpaired) electrons. The fourth-order valence-corrected chi connectivity index (χ4v) is 0.618. The van der Waals surface area contributed by atoms with Gasteiger partial charge in [0.15, 0.2) is 6.29 Å². The molecule has 7 heteroatoms. The third-order valence-electron chi connectivity index (χ3n) is 1.42. The third-order valence-corrected chi connectivity index (χ3v) is 1.42. The Morgan fingerprint density at radius 1 is 1.08 bits per heavy atom. The Morgan fingerprint density at radius 2 is 1.54 bits per heavy atom. The Balaban J connectivity index is 0. The van der Waals surface area contributed by atoms with E-state index in [-0.39, 0.29) is 23.3 Å². The largest absolute Gasteiger partial charge is 0.394 e. The first-order chi connectivity index (χ1) is 5.54. The molecule has 6 nitrogen and oxygen atoms in total. The summed E-state index contributed by atoms with van der Waals surface area (Å²) < 4.78 is 0. The molecule has 0 rings (SSSR count). The second kappa shape index (κ2) is 7.36. The molecule has 0 amide bonds. The molecule has 4 atom stereocenters. The number of carbonyl (C=O) groups is 1. The Kier molecular flexibility index (Phi) is 8.74. The lowest BCUT2D eigenvalue weighted by Gasteiger charge is -2.22. The first-order valence-electron chi connectivity index (χ1n) is 3.33.